The van der Waals surface area contributed by atoms with Crippen LogP contribution in [0.5, 0.6) is 0 Å². The average molecular weight is 461 g/mol. The minimum absolute atomic E-state index is 0.0647. The standard InChI is InChI=1S/C24H29FN2O4S/c25-20-6-4-19(5-7-20)24(13-15-31-16-14-24)17-26-23(28)12-3-18-1-10-22(11-2-18)32(29,30)27-21-8-9-21/h1-2,4-7,10-11,21,27H,3,8-9,12-17H2,(H,26,28). The highest BCUT2D eigenvalue weighted by molar-refractivity contribution is 7.89. The van der Waals surface area contributed by atoms with E-state index in [9.17, 15) is 17.6 Å². The first-order valence-electron chi connectivity index (χ1n) is 11.1. The van der Waals surface area contributed by atoms with E-state index < -0.39 is 10.0 Å². The van der Waals surface area contributed by atoms with Crippen LogP contribution in [-0.2, 0) is 31.4 Å². The van der Waals surface area contributed by atoms with E-state index in [0.717, 1.165) is 36.8 Å². The van der Waals surface area contributed by atoms with Crippen molar-refractivity contribution in [1.82, 2.24) is 10.0 Å². The molecule has 0 bridgehead atoms. The molecule has 0 radical (unpaired) electrons. The lowest BCUT2D eigenvalue weighted by atomic mass is 9.74. The van der Waals surface area contributed by atoms with Crippen molar-refractivity contribution in [2.24, 2.45) is 0 Å². The lowest BCUT2D eigenvalue weighted by molar-refractivity contribution is -0.121. The number of carbonyl (C=O) groups is 1. The Morgan fingerprint density at radius 3 is 2.31 bits per heavy atom. The molecular formula is C24H29FN2O4S. The molecule has 6 nitrogen and oxygen atoms in total. The van der Waals surface area contributed by atoms with Crippen LogP contribution in [0, 0.1) is 5.82 Å². The van der Waals surface area contributed by atoms with Crippen molar-refractivity contribution in [2.45, 2.75) is 54.9 Å². The zero-order valence-corrected chi connectivity index (χ0v) is 18.8. The highest BCUT2D eigenvalue weighted by atomic mass is 32.2. The Balaban J connectivity index is 1.31. The minimum atomic E-state index is -3.47. The molecule has 1 amide bonds. The van der Waals surface area contributed by atoms with Crippen molar-refractivity contribution < 1.29 is 22.3 Å². The van der Waals surface area contributed by atoms with Crippen LogP contribution >= 0.6 is 0 Å². The summed E-state index contributed by atoms with van der Waals surface area (Å²) in [7, 11) is -3.47. The topological polar surface area (TPSA) is 84.5 Å². The summed E-state index contributed by atoms with van der Waals surface area (Å²) in [5.74, 6) is -0.341. The minimum Gasteiger partial charge on any atom is -0.381 e. The van der Waals surface area contributed by atoms with Crippen LogP contribution < -0.4 is 10.0 Å². The molecule has 4 rings (SSSR count). The zero-order chi connectivity index (χ0) is 22.6. The molecule has 2 aliphatic rings. The number of ether oxygens (including phenoxy) is 1. The highest BCUT2D eigenvalue weighted by Gasteiger charge is 2.35. The van der Waals surface area contributed by atoms with Crippen LogP contribution in [0.2, 0.25) is 0 Å². The van der Waals surface area contributed by atoms with Gasteiger partial charge in [-0.2, -0.15) is 0 Å². The molecule has 2 aromatic carbocycles. The maximum Gasteiger partial charge on any atom is 0.240 e. The zero-order valence-electron chi connectivity index (χ0n) is 18.0. The molecule has 32 heavy (non-hydrogen) atoms. The van der Waals surface area contributed by atoms with Gasteiger partial charge >= 0.3 is 0 Å². The van der Waals surface area contributed by atoms with Crippen LogP contribution in [0.3, 0.4) is 0 Å². The first-order chi connectivity index (χ1) is 15.4. The molecule has 2 fully saturated rings. The van der Waals surface area contributed by atoms with E-state index in [1.165, 1.54) is 12.1 Å². The van der Waals surface area contributed by atoms with Crippen LogP contribution in [0.25, 0.3) is 0 Å². The van der Waals surface area contributed by atoms with E-state index in [0.29, 0.717) is 32.6 Å². The van der Waals surface area contributed by atoms with E-state index in [4.69, 9.17) is 4.74 Å². The van der Waals surface area contributed by atoms with E-state index in [2.05, 4.69) is 10.0 Å². The predicted octanol–water partition coefficient (Wildman–Crippen LogP) is 3.06. The predicted molar refractivity (Wildman–Crippen MR) is 119 cm³/mol. The van der Waals surface area contributed by atoms with Gasteiger partial charge in [0.15, 0.2) is 0 Å². The number of hydrogen-bond donors (Lipinski definition) is 2. The number of sulfonamides is 1. The summed E-state index contributed by atoms with van der Waals surface area (Å²) >= 11 is 0. The number of hydrogen-bond acceptors (Lipinski definition) is 4. The summed E-state index contributed by atoms with van der Waals surface area (Å²) in [6.07, 6.45) is 4.15. The molecule has 1 saturated carbocycles. The van der Waals surface area contributed by atoms with Crippen LogP contribution in [0.1, 0.15) is 43.2 Å². The Bertz CT molecular complexity index is 1030. The number of amides is 1. The second kappa shape index (κ2) is 9.68. The molecule has 1 aliphatic heterocycles. The molecule has 172 valence electrons. The smallest absolute Gasteiger partial charge is 0.240 e. The maximum absolute atomic E-state index is 13.4. The van der Waals surface area contributed by atoms with Crippen LogP contribution in [-0.4, -0.2) is 40.1 Å². The normalized spacial score (nSPS) is 18.3. The Morgan fingerprint density at radius 2 is 1.69 bits per heavy atom. The molecule has 8 heteroatoms. The maximum atomic E-state index is 13.4. The van der Waals surface area contributed by atoms with Gasteiger partial charge in [0.05, 0.1) is 4.90 Å². The van der Waals surface area contributed by atoms with Gasteiger partial charge in [0.1, 0.15) is 5.82 Å². The quantitative estimate of drug-likeness (QED) is 0.602. The van der Waals surface area contributed by atoms with Crippen molar-refractivity contribution in [3.63, 3.8) is 0 Å². The molecule has 2 N–H and O–H groups in total. The Morgan fingerprint density at radius 1 is 1.03 bits per heavy atom. The van der Waals surface area contributed by atoms with Crippen LogP contribution in [0.4, 0.5) is 4.39 Å². The molecule has 2 aromatic rings. The fraction of sp³-hybridized carbons (Fsp3) is 0.458. The van der Waals surface area contributed by atoms with Gasteiger partial charge in [0.25, 0.3) is 0 Å². The molecule has 0 unspecified atom stereocenters. The first kappa shape index (κ1) is 22.9. The fourth-order valence-electron chi connectivity index (χ4n) is 4.07. The fourth-order valence-corrected chi connectivity index (χ4v) is 5.38. The van der Waals surface area contributed by atoms with Gasteiger partial charge in [-0.1, -0.05) is 24.3 Å². The third kappa shape index (κ3) is 5.74. The SMILES string of the molecule is O=C(CCc1ccc(S(=O)(=O)NC2CC2)cc1)NCC1(c2ccc(F)cc2)CCOCC1. The summed E-state index contributed by atoms with van der Waals surface area (Å²) in [4.78, 5) is 12.8. The summed E-state index contributed by atoms with van der Waals surface area (Å²) in [6, 6.07) is 13.3. The van der Waals surface area contributed by atoms with Gasteiger partial charge in [-0.25, -0.2) is 17.5 Å². The number of rotatable bonds is 9. The molecule has 0 atom stereocenters. The van der Waals surface area contributed by atoms with Gasteiger partial charge in [0, 0.05) is 37.6 Å². The number of carbonyl (C=O) groups excluding carboxylic acids is 1. The van der Waals surface area contributed by atoms with Gasteiger partial charge in [0.2, 0.25) is 15.9 Å². The number of halogens is 1. The van der Waals surface area contributed by atoms with Crippen molar-refractivity contribution in [2.75, 3.05) is 19.8 Å². The van der Waals surface area contributed by atoms with E-state index in [-0.39, 0.29) is 28.1 Å². The monoisotopic (exact) mass is 460 g/mol. The van der Waals surface area contributed by atoms with Crippen molar-refractivity contribution in [3.05, 3.63) is 65.5 Å². The van der Waals surface area contributed by atoms with Gasteiger partial charge in [-0.15, -0.1) is 0 Å². The first-order valence-corrected chi connectivity index (χ1v) is 12.6. The van der Waals surface area contributed by atoms with Crippen molar-refractivity contribution in [3.8, 4) is 0 Å². The Kier molecular flexibility index (Phi) is 6.93. The molecule has 1 heterocycles. The van der Waals surface area contributed by atoms with Crippen molar-refractivity contribution >= 4 is 15.9 Å². The number of aryl methyl sites for hydroxylation is 1. The summed E-state index contributed by atoms with van der Waals surface area (Å²) in [5.41, 5.74) is 1.66. The van der Waals surface area contributed by atoms with E-state index in [1.54, 1.807) is 36.4 Å². The number of benzene rings is 2. The van der Waals surface area contributed by atoms with Gasteiger partial charge < -0.3 is 10.1 Å². The largest absolute Gasteiger partial charge is 0.381 e. The molecular weight excluding hydrogens is 431 g/mol. The summed E-state index contributed by atoms with van der Waals surface area (Å²) in [5, 5.41) is 3.05. The molecule has 1 saturated heterocycles. The van der Waals surface area contributed by atoms with E-state index >= 15 is 0 Å². The van der Waals surface area contributed by atoms with Gasteiger partial charge in [-0.3, -0.25) is 4.79 Å². The molecule has 0 spiro atoms. The lowest BCUT2D eigenvalue weighted by Gasteiger charge is -2.38. The number of nitrogens with one attached hydrogen (secondary N) is 2. The third-order valence-electron chi connectivity index (χ3n) is 6.30. The second-order valence-electron chi connectivity index (χ2n) is 8.72. The van der Waals surface area contributed by atoms with Crippen LogP contribution in [0.15, 0.2) is 53.4 Å². The van der Waals surface area contributed by atoms with Gasteiger partial charge in [-0.05, 0) is 67.5 Å². The second-order valence-corrected chi connectivity index (χ2v) is 10.4. The molecule has 1 aliphatic carbocycles. The third-order valence-corrected chi connectivity index (χ3v) is 7.84. The molecule has 0 aromatic heterocycles. The lowest BCUT2D eigenvalue weighted by Crippen LogP contribution is -2.44. The summed E-state index contributed by atoms with van der Waals surface area (Å²) < 4.78 is 46.1. The van der Waals surface area contributed by atoms with E-state index in [1.807, 2.05) is 0 Å². The average Bonchev–Trinajstić information content (AvgIpc) is 3.61. The highest BCUT2D eigenvalue weighted by Crippen LogP contribution is 2.34. The van der Waals surface area contributed by atoms with Crippen molar-refractivity contribution in [1.29, 1.82) is 0 Å². The Labute approximate surface area is 188 Å². The Hall–Kier alpha value is -2.29. The summed E-state index contributed by atoms with van der Waals surface area (Å²) in [6.45, 7) is 1.70.